The second kappa shape index (κ2) is 9.71. The van der Waals surface area contributed by atoms with Crippen LogP contribution >= 0.6 is 11.8 Å². The highest BCUT2D eigenvalue weighted by molar-refractivity contribution is 8.00. The largest absolute Gasteiger partial charge is 0.483 e. The number of ether oxygens (including phenoxy) is 1. The predicted molar refractivity (Wildman–Crippen MR) is 133 cm³/mol. The first kappa shape index (κ1) is 22.8. The van der Waals surface area contributed by atoms with E-state index >= 15 is 0 Å². The lowest BCUT2D eigenvalue weighted by Crippen LogP contribution is -2.21. The van der Waals surface area contributed by atoms with Crippen molar-refractivity contribution in [1.29, 1.82) is 0 Å². The molecule has 5 rings (SSSR count). The highest BCUT2D eigenvalue weighted by Crippen LogP contribution is 2.37. The van der Waals surface area contributed by atoms with Gasteiger partial charge in [0.1, 0.15) is 5.75 Å². The first-order chi connectivity index (χ1) is 17.0. The summed E-state index contributed by atoms with van der Waals surface area (Å²) in [7, 11) is 0. The molecule has 1 aliphatic carbocycles. The van der Waals surface area contributed by atoms with Gasteiger partial charge in [-0.05, 0) is 66.1 Å². The number of aromatic nitrogens is 4. The number of aryl methyl sites for hydroxylation is 2. The van der Waals surface area contributed by atoms with Crippen molar-refractivity contribution in [3.63, 3.8) is 0 Å². The van der Waals surface area contributed by atoms with Gasteiger partial charge in [-0.25, -0.2) is 0 Å². The van der Waals surface area contributed by atoms with E-state index in [-0.39, 0.29) is 23.5 Å². The fourth-order valence-corrected chi connectivity index (χ4v) is 5.17. The molecule has 0 aliphatic heterocycles. The zero-order valence-electron chi connectivity index (χ0n) is 19.3. The molecule has 1 heterocycles. The number of ketones is 1. The van der Waals surface area contributed by atoms with Gasteiger partial charge < -0.3 is 10.1 Å². The second-order valence-electron chi connectivity index (χ2n) is 8.32. The van der Waals surface area contributed by atoms with Crippen LogP contribution in [0.1, 0.15) is 27.0 Å². The summed E-state index contributed by atoms with van der Waals surface area (Å²) in [5.74, 6) is 0.386. The number of anilines is 1. The van der Waals surface area contributed by atoms with Crippen LogP contribution in [0.25, 0.3) is 5.69 Å². The van der Waals surface area contributed by atoms with Gasteiger partial charge in [-0.3, -0.25) is 9.59 Å². The lowest BCUT2D eigenvalue weighted by Gasteiger charge is -2.12. The Kier molecular flexibility index (Phi) is 6.33. The molecule has 1 aromatic heterocycles. The molecule has 0 saturated heterocycles. The number of tetrazole rings is 1. The standard InChI is InChI=1S/C26H23N5O3S/c1-16-11-12-22(17(2)13-16)34-15-24(32)27-21-10-6-9-19-20(21)14-23(25(19)33)35-26-28-29-30-31(26)18-7-4-3-5-8-18/h3-13,23H,14-15H2,1-2H3,(H,27,32). The second-order valence-corrected chi connectivity index (χ2v) is 9.49. The van der Waals surface area contributed by atoms with Gasteiger partial charge in [0, 0.05) is 11.3 Å². The summed E-state index contributed by atoms with van der Waals surface area (Å²) in [6.07, 6.45) is 0.467. The van der Waals surface area contributed by atoms with E-state index in [1.54, 1.807) is 16.8 Å². The zero-order chi connectivity index (χ0) is 24.4. The third-order valence-corrected chi connectivity index (χ3v) is 6.91. The van der Waals surface area contributed by atoms with Crippen molar-refractivity contribution in [3.05, 3.63) is 89.0 Å². The minimum atomic E-state index is -0.386. The number of hydrogen-bond acceptors (Lipinski definition) is 7. The van der Waals surface area contributed by atoms with E-state index in [1.165, 1.54) is 11.8 Å². The van der Waals surface area contributed by atoms with Gasteiger partial charge in [-0.1, -0.05) is 59.8 Å². The van der Waals surface area contributed by atoms with Crippen LogP contribution in [0, 0.1) is 13.8 Å². The van der Waals surface area contributed by atoms with E-state index in [0.717, 1.165) is 22.4 Å². The van der Waals surface area contributed by atoms with Crippen LogP contribution in [0.4, 0.5) is 5.69 Å². The number of benzene rings is 3. The Morgan fingerprint density at radius 2 is 1.94 bits per heavy atom. The molecule has 0 spiro atoms. The van der Waals surface area contributed by atoms with Crippen LogP contribution in [0.15, 0.2) is 71.9 Å². The number of carbonyl (C=O) groups is 2. The number of fused-ring (bicyclic) bond motifs is 1. The van der Waals surface area contributed by atoms with Crippen molar-refractivity contribution in [2.75, 3.05) is 11.9 Å². The number of thioether (sulfide) groups is 1. The van der Waals surface area contributed by atoms with Crippen LogP contribution in [0.2, 0.25) is 0 Å². The van der Waals surface area contributed by atoms with Gasteiger partial charge in [0.25, 0.3) is 5.91 Å². The first-order valence-corrected chi connectivity index (χ1v) is 12.0. The van der Waals surface area contributed by atoms with Crippen LogP contribution in [0.3, 0.4) is 0 Å². The molecule has 1 unspecified atom stereocenters. The zero-order valence-corrected chi connectivity index (χ0v) is 20.1. The molecule has 3 aromatic carbocycles. The molecular formula is C26H23N5O3S. The van der Waals surface area contributed by atoms with Gasteiger partial charge >= 0.3 is 0 Å². The molecule has 1 atom stereocenters. The Balaban J connectivity index is 1.28. The number of para-hydroxylation sites is 1. The van der Waals surface area contributed by atoms with Crippen molar-refractivity contribution < 1.29 is 14.3 Å². The molecule has 35 heavy (non-hydrogen) atoms. The molecule has 9 heteroatoms. The Hall–Kier alpha value is -3.98. The highest BCUT2D eigenvalue weighted by Gasteiger charge is 2.34. The number of nitrogens with zero attached hydrogens (tertiary/aromatic N) is 4. The Morgan fingerprint density at radius 1 is 1.11 bits per heavy atom. The van der Waals surface area contributed by atoms with Crippen molar-refractivity contribution in [3.8, 4) is 11.4 Å². The molecule has 0 bridgehead atoms. The fraction of sp³-hybridized carbons (Fsp3) is 0.192. The average Bonchev–Trinajstić information content (AvgIpc) is 3.44. The van der Waals surface area contributed by atoms with Crippen LogP contribution < -0.4 is 10.1 Å². The summed E-state index contributed by atoms with van der Waals surface area (Å²) in [5, 5.41) is 15.0. The predicted octanol–water partition coefficient (Wildman–Crippen LogP) is 4.20. The summed E-state index contributed by atoms with van der Waals surface area (Å²) in [6.45, 7) is 3.84. The molecule has 1 amide bonds. The van der Waals surface area contributed by atoms with E-state index in [4.69, 9.17) is 4.74 Å². The van der Waals surface area contributed by atoms with Crippen LogP contribution in [0.5, 0.6) is 5.75 Å². The molecule has 176 valence electrons. The summed E-state index contributed by atoms with van der Waals surface area (Å²) in [5.41, 5.74) is 4.97. The molecule has 1 aliphatic rings. The van der Waals surface area contributed by atoms with Gasteiger partial charge in [0.15, 0.2) is 12.4 Å². The molecular weight excluding hydrogens is 462 g/mol. The normalized spacial score (nSPS) is 14.6. The number of amides is 1. The van der Waals surface area contributed by atoms with E-state index in [1.807, 2.05) is 68.4 Å². The number of carbonyl (C=O) groups excluding carboxylic acids is 2. The van der Waals surface area contributed by atoms with Gasteiger partial charge in [0.05, 0.1) is 10.9 Å². The summed E-state index contributed by atoms with van der Waals surface area (Å²) >= 11 is 1.32. The number of Topliss-reactive ketones (excluding diaryl/α,β-unsaturated/α-hetero) is 1. The Bertz CT molecular complexity index is 1400. The molecule has 4 aromatic rings. The fourth-order valence-electron chi connectivity index (χ4n) is 4.10. The van der Waals surface area contributed by atoms with Crippen molar-refractivity contribution in [1.82, 2.24) is 20.2 Å². The molecule has 0 fully saturated rings. The van der Waals surface area contributed by atoms with Crippen molar-refractivity contribution in [2.45, 2.75) is 30.7 Å². The minimum Gasteiger partial charge on any atom is -0.483 e. The average molecular weight is 486 g/mol. The minimum absolute atomic E-state index is 0.00441. The van der Waals surface area contributed by atoms with Crippen molar-refractivity contribution in [2.24, 2.45) is 0 Å². The van der Waals surface area contributed by atoms with Crippen LogP contribution in [-0.4, -0.2) is 43.8 Å². The lowest BCUT2D eigenvalue weighted by atomic mass is 10.1. The number of hydrogen-bond donors (Lipinski definition) is 1. The maximum Gasteiger partial charge on any atom is 0.262 e. The quantitative estimate of drug-likeness (QED) is 0.419. The Morgan fingerprint density at radius 3 is 2.74 bits per heavy atom. The van der Waals surface area contributed by atoms with E-state index < -0.39 is 0 Å². The topological polar surface area (TPSA) is 99.0 Å². The first-order valence-electron chi connectivity index (χ1n) is 11.2. The van der Waals surface area contributed by atoms with Crippen molar-refractivity contribution >= 4 is 29.1 Å². The molecule has 0 saturated carbocycles. The number of rotatable bonds is 7. The monoisotopic (exact) mass is 485 g/mol. The van der Waals surface area contributed by atoms with E-state index in [9.17, 15) is 9.59 Å². The lowest BCUT2D eigenvalue weighted by molar-refractivity contribution is -0.118. The molecule has 1 N–H and O–H groups in total. The smallest absolute Gasteiger partial charge is 0.262 e. The third kappa shape index (κ3) is 4.81. The SMILES string of the molecule is Cc1ccc(OCC(=O)Nc2cccc3c2CC(Sc2nnnn2-c2ccccc2)C3=O)c(C)c1. The van der Waals surface area contributed by atoms with Crippen LogP contribution in [-0.2, 0) is 11.2 Å². The Labute approximate surface area is 206 Å². The maximum absolute atomic E-state index is 13.1. The number of nitrogens with one attached hydrogen (secondary N) is 1. The van der Waals surface area contributed by atoms with Gasteiger partial charge in [-0.15, -0.1) is 5.10 Å². The van der Waals surface area contributed by atoms with E-state index in [2.05, 4.69) is 20.8 Å². The van der Waals surface area contributed by atoms with E-state index in [0.29, 0.717) is 28.6 Å². The summed E-state index contributed by atoms with van der Waals surface area (Å²) < 4.78 is 7.32. The van der Waals surface area contributed by atoms with Gasteiger partial charge in [-0.2, -0.15) is 4.68 Å². The summed E-state index contributed by atoms with van der Waals surface area (Å²) in [4.78, 5) is 25.8. The molecule has 0 radical (unpaired) electrons. The molecule has 8 nitrogen and oxygen atoms in total. The maximum atomic E-state index is 13.1. The summed E-state index contributed by atoms with van der Waals surface area (Å²) in [6, 6.07) is 20.7. The highest BCUT2D eigenvalue weighted by atomic mass is 32.2. The third-order valence-electron chi connectivity index (χ3n) is 5.78. The van der Waals surface area contributed by atoms with Gasteiger partial charge in [0.2, 0.25) is 5.16 Å².